The number of amides is 1. The van der Waals surface area contributed by atoms with Gasteiger partial charge in [-0.1, -0.05) is 0 Å². The number of piperazine rings is 1. The predicted molar refractivity (Wildman–Crippen MR) is 56.1 cm³/mol. The van der Waals surface area contributed by atoms with E-state index in [1.807, 2.05) is 4.90 Å². The van der Waals surface area contributed by atoms with Gasteiger partial charge in [0, 0.05) is 39.3 Å². The third-order valence-corrected chi connectivity index (χ3v) is 2.77. The highest BCUT2D eigenvalue weighted by atomic mass is 16.5. The molecule has 2 aliphatic heterocycles. The molecule has 2 saturated heterocycles. The smallest absolute Gasteiger partial charge is 0.236 e. The van der Waals surface area contributed by atoms with Crippen molar-refractivity contribution in [2.75, 3.05) is 52.5 Å². The third-order valence-electron chi connectivity index (χ3n) is 2.77. The van der Waals surface area contributed by atoms with E-state index in [0.29, 0.717) is 19.8 Å². The summed E-state index contributed by atoms with van der Waals surface area (Å²) in [4.78, 5) is 15.8. The highest BCUT2D eigenvalue weighted by Gasteiger charge is 2.20. The summed E-state index contributed by atoms with van der Waals surface area (Å²) in [6.07, 6.45) is 0. The van der Waals surface area contributed by atoms with Crippen LogP contribution in [0.1, 0.15) is 0 Å². The van der Waals surface area contributed by atoms with Crippen LogP contribution in [0.25, 0.3) is 0 Å². The number of carbonyl (C=O) groups excluding carboxylic acids is 1. The van der Waals surface area contributed by atoms with Crippen LogP contribution in [-0.2, 0) is 9.53 Å². The fraction of sp³-hybridized carbons (Fsp3) is 0.800. The lowest BCUT2D eigenvalue weighted by Gasteiger charge is -2.31. The summed E-state index contributed by atoms with van der Waals surface area (Å²) in [5.41, 5.74) is 0. The third kappa shape index (κ3) is 3.15. The van der Waals surface area contributed by atoms with E-state index < -0.39 is 0 Å². The maximum atomic E-state index is 11.9. The highest BCUT2D eigenvalue weighted by Crippen LogP contribution is 2.02. The maximum absolute atomic E-state index is 11.9. The van der Waals surface area contributed by atoms with Crippen molar-refractivity contribution in [2.24, 2.45) is 0 Å². The van der Waals surface area contributed by atoms with E-state index in [2.05, 4.69) is 16.8 Å². The fourth-order valence-corrected chi connectivity index (χ4v) is 1.84. The zero-order chi connectivity index (χ0) is 10.5. The summed E-state index contributed by atoms with van der Waals surface area (Å²) in [6, 6.07) is 0. The molecule has 2 aliphatic rings. The van der Waals surface area contributed by atoms with Gasteiger partial charge in [-0.25, -0.2) is 0 Å². The number of carbonyl (C=O) groups is 1. The van der Waals surface area contributed by atoms with Crippen molar-refractivity contribution in [1.82, 2.24) is 15.1 Å². The molecule has 0 spiro atoms. The first-order valence-electron chi connectivity index (χ1n) is 5.50. The standard InChI is InChI=1S/C10H18N3O2/c14-10(13-5-7-15-8-6-13)9-12-3-1-11-2-4-12/h3,11H,1-2,4-9H2. The molecule has 1 N–H and O–H groups in total. The number of morpholine rings is 1. The van der Waals surface area contributed by atoms with E-state index in [0.717, 1.165) is 32.7 Å². The van der Waals surface area contributed by atoms with Gasteiger partial charge in [0.15, 0.2) is 0 Å². The van der Waals surface area contributed by atoms with Crippen molar-refractivity contribution < 1.29 is 9.53 Å². The number of nitrogens with zero attached hydrogens (tertiary/aromatic N) is 2. The molecule has 15 heavy (non-hydrogen) atoms. The minimum Gasteiger partial charge on any atom is -0.378 e. The number of nitrogens with one attached hydrogen (secondary N) is 1. The lowest BCUT2D eigenvalue weighted by Crippen LogP contribution is -2.48. The minimum absolute atomic E-state index is 0.219. The normalized spacial score (nSPS) is 24.1. The topological polar surface area (TPSA) is 44.8 Å². The molecule has 0 aromatic rings. The molecule has 0 atom stereocenters. The molecule has 0 bridgehead atoms. The Labute approximate surface area is 90.4 Å². The van der Waals surface area contributed by atoms with Crippen LogP contribution in [0.15, 0.2) is 0 Å². The summed E-state index contributed by atoms with van der Waals surface area (Å²) < 4.78 is 5.21. The molecule has 0 unspecified atom stereocenters. The Bertz CT molecular complexity index is 211. The summed E-state index contributed by atoms with van der Waals surface area (Å²) in [5.74, 6) is 0.219. The Morgan fingerprint density at radius 1 is 1.33 bits per heavy atom. The van der Waals surface area contributed by atoms with Crippen molar-refractivity contribution in [1.29, 1.82) is 0 Å². The van der Waals surface area contributed by atoms with Crippen molar-refractivity contribution in [3.63, 3.8) is 0 Å². The Morgan fingerprint density at radius 3 is 2.80 bits per heavy atom. The van der Waals surface area contributed by atoms with Crippen LogP contribution < -0.4 is 5.32 Å². The van der Waals surface area contributed by atoms with Crippen LogP contribution in [0.4, 0.5) is 0 Å². The zero-order valence-corrected chi connectivity index (χ0v) is 8.95. The SMILES string of the molecule is O=C(CN1[CH]CNCC1)N1CCOCC1. The summed E-state index contributed by atoms with van der Waals surface area (Å²) in [7, 11) is 0. The fourth-order valence-electron chi connectivity index (χ4n) is 1.84. The molecule has 2 heterocycles. The Hall–Kier alpha value is -0.650. The molecule has 5 heteroatoms. The van der Waals surface area contributed by atoms with Crippen LogP contribution in [0.2, 0.25) is 0 Å². The zero-order valence-electron chi connectivity index (χ0n) is 8.95. The molecule has 0 saturated carbocycles. The van der Waals surface area contributed by atoms with Gasteiger partial charge in [-0.05, 0) is 0 Å². The van der Waals surface area contributed by atoms with Crippen LogP contribution in [0.5, 0.6) is 0 Å². The van der Waals surface area contributed by atoms with Gasteiger partial charge in [0.1, 0.15) is 0 Å². The van der Waals surface area contributed by atoms with Gasteiger partial charge < -0.3 is 15.0 Å². The van der Waals surface area contributed by atoms with E-state index >= 15 is 0 Å². The second-order valence-corrected chi connectivity index (χ2v) is 3.85. The molecule has 1 amide bonds. The van der Waals surface area contributed by atoms with Crippen molar-refractivity contribution in [3.05, 3.63) is 6.54 Å². The average molecular weight is 212 g/mol. The summed E-state index contributed by atoms with van der Waals surface area (Å²) in [5, 5.41) is 3.23. The molecule has 0 aromatic heterocycles. The molecule has 2 fully saturated rings. The van der Waals surface area contributed by atoms with Gasteiger partial charge in [-0.2, -0.15) is 0 Å². The first kappa shape index (κ1) is 10.9. The van der Waals surface area contributed by atoms with Crippen LogP contribution in [0, 0.1) is 6.54 Å². The largest absolute Gasteiger partial charge is 0.378 e. The molecule has 0 aliphatic carbocycles. The molecule has 85 valence electrons. The quantitative estimate of drug-likeness (QED) is 0.632. The average Bonchev–Trinajstić information content (AvgIpc) is 2.31. The highest BCUT2D eigenvalue weighted by molar-refractivity contribution is 5.78. The van der Waals surface area contributed by atoms with Gasteiger partial charge in [0.25, 0.3) is 0 Å². The Kier molecular flexibility index (Phi) is 3.94. The molecule has 0 aromatic carbocycles. The Balaban J connectivity index is 1.74. The van der Waals surface area contributed by atoms with Crippen molar-refractivity contribution in [3.8, 4) is 0 Å². The van der Waals surface area contributed by atoms with E-state index in [1.54, 1.807) is 0 Å². The van der Waals surface area contributed by atoms with Crippen molar-refractivity contribution >= 4 is 5.91 Å². The van der Waals surface area contributed by atoms with Gasteiger partial charge in [0.05, 0.1) is 19.8 Å². The summed E-state index contributed by atoms with van der Waals surface area (Å²) >= 11 is 0. The summed E-state index contributed by atoms with van der Waals surface area (Å²) in [6.45, 7) is 8.17. The molecular weight excluding hydrogens is 194 g/mol. The second-order valence-electron chi connectivity index (χ2n) is 3.85. The number of ether oxygens (including phenoxy) is 1. The molecular formula is C10H18N3O2. The molecule has 5 nitrogen and oxygen atoms in total. The maximum Gasteiger partial charge on any atom is 0.236 e. The van der Waals surface area contributed by atoms with Gasteiger partial charge in [-0.15, -0.1) is 0 Å². The van der Waals surface area contributed by atoms with Gasteiger partial charge in [-0.3, -0.25) is 9.69 Å². The monoisotopic (exact) mass is 212 g/mol. The first-order valence-corrected chi connectivity index (χ1v) is 5.50. The van der Waals surface area contributed by atoms with Gasteiger partial charge in [0.2, 0.25) is 5.91 Å². The molecule has 1 radical (unpaired) electrons. The Morgan fingerprint density at radius 2 is 2.13 bits per heavy atom. The van der Waals surface area contributed by atoms with Gasteiger partial charge >= 0.3 is 0 Å². The lowest BCUT2D eigenvalue weighted by molar-refractivity contribution is -0.136. The van der Waals surface area contributed by atoms with Crippen LogP contribution in [0.3, 0.4) is 0 Å². The molecule has 2 rings (SSSR count). The number of hydrogen-bond acceptors (Lipinski definition) is 4. The lowest BCUT2D eigenvalue weighted by atomic mass is 10.3. The van der Waals surface area contributed by atoms with E-state index in [-0.39, 0.29) is 5.91 Å². The predicted octanol–water partition coefficient (Wildman–Crippen LogP) is -1.09. The second kappa shape index (κ2) is 5.44. The van der Waals surface area contributed by atoms with E-state index in [9.17, 15) is 4.79 Å². The van der Waals surface area contributed by atoms with E-state index in [1.165, 1.54) is 0 Å². The van der Waals surface area contributed by atoms with Crippen LogP contribution >= 0.6 is 0 Å². The van der Waals surface area contributed by atoms with Crippen molar-refractivity contribution in [2.45, 2.75) is 0 Å². The first-order chi connectivity index (χ1) is 7.36. The number of hydrogen-bond donors (Lipinski definition) is 1. The van der Waals surface area contributed by atoms with Crippen LogP contribution in [-0.4, -0.2) is 68.2 Å². The van der Waals surface area contributed by atoms with E-state index in [4.69, 9.17) is 4.74 Å². The number of rotatable bonds is 2. The minimum atomic E-state index is 0.219.